The van der Waals surface area contributed by atoms with Crippen LogP contribution in [0, 0.1) is 20.2 Å². The molecule has 0 aliphatic rings. The molecule has 12 nitrogen and oxygen atoms in total. The third kappa shape index (κ3) is 6.12. The van der Waals surface area contributed by atoms with Gasteiger partial charge in [-0.3, -0.25) is 20.2 Å². The molecule has 0 aliphatic carbocycles. The van der Waals surface area contributed by atoms with Crippen LogP contribution in [0.4, 0.5) is 17.1 Å². The van der Waals surface area contributed by atoms with Gasteiger partial charge in [-0.05, 0) is 12.1 Å². The Hall–Kier alpha value is -3.77. The smallest absolute Gasteiger partial charge is 0.338 e. The van der Waals surface area contributed by atoms with E-state index in [2.05, 4.69) is 5.32 Å². The van der Waals surface area contributed by atoms with Gasteiger partial charge >= 0.3 is 11.9 Å². The number of carbonyl (C=O) groups is 2. The molecule has 0 saturated heterocycles. The summed E-state index contributed by atoms with van der Waals surface area (Å²) in [7, 11) is 0. The Bertz CT molecular complexity index is 885. The summed E-state index contributed by atoms with van der Waals surface area (Å²) in [5.41, 5.74) is -1.28. The molecular weight excluding hydrogens is 414 g/mol. The number of nitro groups is 2. The largest absolute Gasteiger partial charge is 0.478 e. The maximum Gasteiger partial charge on any atom is 0.338 e. The highest BCUT2D eigenvalue weighted by Crippen LogP contribution is 2.28. The van der Waals surface area contributed by atoms with Crippen LogP contribution in [-0.4, -0.2) is 50.3 Å². The van der Waals surface area contributed by atoms with Gasteiger partial charge in [0, 0.05) is 18.7 Å². The highest BCUT2D eigenvalue weighted by molar-refractivity contribution is 6.35. The molecular formula is C16H14ClN3O9. The predicted octanol–water partition coefficient (Wildman–Crippen LogP) is 2.64. The monoisotopic (exact) mass is 427 g/mol. The van der Waals surface area contributed by atoms with Gasteiger partial charge in [-0.25, -0.2) is 9.59 Å². The van der Waals surface area contributed by atoms with Gasteiger partial charge in [-0.1, -0.05) is 23.7 Å². The van der Waals surface area contributed by atoms with Crippen molar-refractivity contribution >= 4 is 40.6 Å². The number of nitrogens with zero attached hydrogens (tertiary/aromatic N) is 2. The second-order valence-corrected chi connectivity index (χ2v) is 5.49. The molecule has 154 valence electrons. The lowest BCUT2D eigenvalue weighted by atomic mass is 10.1. The minimum atomic E-state index is -1.28. The number of hydrogen-bond donors (Lipinski definition) is 4. The van der Waals surface area contributed by atoms with Gasteiger partial charge in [0.1, 0.15) is 10.7 Å². The van der Waals surface area contributed by atoms with Gasteiger partial charge in [0.05, 0.1) is 27.6 Å². The fourth-order valence-electron chi connectivity index (χ4n) is 2.06. The van der Waals surface area contributed by atoms with Gasteiger partial charge in [0.2, 0.25) is 0 Å². The van der Waals surface area contributed by atoms with Crippen molar-refractivity contribution in [3.8, 4) is 0 Å². The molecule has 29 heavy (non-hydrogen) atoms. The maximum atomic E-state index is 10.8. The third-order valence-electron chi connectivity index (χ3n) is 3.29. The number of benzene rings is 2. The third-order valence-corrected chi connectivity index (χ3v) is 3.69. The van der Waals surface area contributed by atoms with Crippen molar-refractivity contribution in [1.29, 1.82) is 0 Å². The maximum absolute atomic E-state index is 10.8. The van der Waals surface area contributed by atoms with Gasteiger partial charge in [-0.15, -0.1) is 0 Å². The zero-order valence-electron chi connectivity index (χ0n) is 14.4. The van der Waals surface area contributed by atoms with E-state index in [9.17, 15) is 29.8 Å². The summed E-state index contributed by atoms with van der Waals surface area (Å²) in [6.07, 6.45) is 0. The van der Waals surface area contributed by atoms with E-state index in [4.69, 9.17) is 26.9 Å². The molecule has 2 aromatic carbocycles. The van der Waals surface area contributed by atoms with E-state index in [-0.39, 0.29) is 40.7 Å². The van der Waals surface area contributed by atoms with E-state index in [0.29, 0.717) is 0 Å². The lowest BCUT2D eigenvalue weighted by Gasteiger charge is -2.08. The number of carboxylic acids is 2. The number of nitro benzene ring substituents is 2. The summed E-state index contributed by atoms with van der Waals surface area (Å²) in [5.74, 6) is -2.54. The van der Waals surface area contributed by atoms with Crippen molar-refractivity contribution in [2.24, 2.45) is 0 Å². The lowest BCUT2D eigenvalue weighted by molar-refractivity contribution is -0.384. The van der Waals surface area contributed by atoms with Gasteiger partial charge in [0.15, 0.2) is 0 Å². The highest BCUT2D eigenvalue weighted by atomic mass is 35.5. The van der Waals surface area contributed by atoms with Crippen molar-refractivity contribution in [3.05, 3.63) is 72.8 Å². The Balaban J connectivity index is 0.000000296. The number of nitrogens with one attached hydrogen (secondary N) is 1. The summed E-state index contributed by atoms with van der Waals surface area (Å²) in [5, 5.41) is 49.2. The SMILES string of the molecule is O=C(O)c1cccc([N+](=O)[O-])c1Cl.O=C(O)c1cccc([N+](=O)[O-])c1NCCO. The van der Waals surface area contributed by atoms with Gasteiger partial charge in [0.25, 0.3) is 11.4 Å². The van der Waals surface area contributed by atoms with E-state index in [1.807, 2.05) is 0 Å². The van der Waals surface area contributed by atoms with Crippen LogP contribution in [0.5, 0.6) is 0 Å². The summed E-state index contributed by atoms with van der Waals surface area (Å²) >= 11 is 5.48. The zero-order valence-corrected chi connectivity index (χ0v) is 15.2. The van der Waals surface area contributed by atoms with E-state index in [1.165, 1.54) is 30.3 Å². The number of aliphatic hydroxyl groups excluding tert-OH is 1. The molecule has 0 bridgehead atoms. The molecule has 13 heteroatoms. The fourth-order valence-corrected chi connectivity index (χ4v) is 2.34. The van der Waals surface area contributed by atoms with Crippen LogP contribution in [-0.2, 0) is 0 Å². The molecule has 0 unspecified atom stereocenters. The molecule has 0 fully saturated rings. The van der Waals surface area contributed by atoms with E-state index < -0.39 is 27.5 Å². The first-order valence-corrected chi connectivity index (χ1v) is 8.01. The summed E-state index contributed by atoms with van der Waals surface area (Å²) < 4.78 is 0. The van der Waals surface area contributed by atoms with E-state index >= 15 is 0 Å². The molecule has 2 aromatic rings. The Labute approximate surface area is 167 Å². The highest BCUT2D eigenvalue weighted by Gasteiger charge is 2.21. The standard InChI is InChI=1S/C9H10N2O5.C7H4ClNO4/c12-5-4-10-8-6(9(13)14)2-1-3-7(8)11(15)16;8-6-4(7(10)11)2-1-3-5(6)9(12)13/h1-3,10,12H,4-5H2,(H,13,14);1-3H,(H,10,11). The van der Waals surface area contributed by atoms with E-state index in [0.717, 1.165) is 6.07 Å². The summed E-state index contributed by atoms with van der Waals surface area (Å²) in [6.45, 7) is -0.198. The molecule has 0 heterocycles. The predicted molar refractivity (Wildman–Crippen MR) is 101 cm³/mol. The molecule has 0 spiro atoms. The summed E-state index contributed by atoms with van der Waals surface area (Å²) in [4.78, 5) is 40.9. The van der Waals surface area contributed by atoms with E-state index in [1.54, 1.807) is 0 Å². The molecule has 0 atom stereocenters. The molecule has 0 saturated carbocycles. The minimum absolute atomic E-state index is 0.0468. The number of aliphatic hydroxyl groups is 1. The van der Waals surface area contributed by atoms with Crippen LogP contribution in [0.1, 0.15) is 20.7 Å². The number of rotatable bonds is 7. The number of anilines is 1. The van der Waals surface area contributed by atoms with Crippen LogP contribution >= 0.6 is 11.6 Å². The second-order valence-electron chi connectivity index (χ2n) is 5.11. The first-order chi connectivity index (χ1) is 13.6. The van der Waals surface area contributed by atoms with Gasteiger partial charge in [-0.2, -0.15) is 0 Å². The van der Waals surface area contributed by atoms with Crippen LogP contribution in [0.3, 0.4) is 0 Å². The molecule has 0 radical (unpaired) electrons. The number of aromatic carboxylic acids is 2. The van der Waals surface area contributed by atoms with Crippen LogP contribution in [0.25, 0.3) is 0 Å². The molecule has 0 aliphatic heterocycles. The average Bonchev–Trinajstić information content (AvgIpc) is 2.66. The Morgan fingerprint density at radius 3 is 1.86 bits per heavy atom. The Morgan fingerprint density at radius 1 is 0.931 bits per heavy atom. The van der Waals surface area contributed by atoms with Crippen molar-refractivity contribution in [2.75, 3.05) is 18.5 Å². The normalized spacial score (nSPS) is 9.72. The van der Waals surface area contributed by atoms with Crippen LogP contribution < -0.4 is 5.32 Å². The zero-order chi connectivity index (χ0) is 22.1. The minimum Gasteiger partial charge on any atom is -0.478 e. The summed E-state index contributed by atoms with van der Waals surface area (Å²) in [6, 6.07) is 7.38. The molecule has 0 aromatic heterocycles. The number of carboxylic acid groups (broad SMARTS) is 2. The quantitative estimate of drug-likeness (QED) is 0.376. The number of hydrogen-bond acceptors (Lipinski definition) is 8. The van der Waals surface area contributed by atoms with Crippen LogP contribution in [0.15, 0.2) is 36.4 Å². The second kappa shape index (κ2) is 10.5. The van der Waals surface area contributed by atoms with Gasteiger partial charge < -0.3 is 20.6 Å². The molecule has 4 N–H and O–H groups in total. The van der Waals surface area contributed by atoms with Crippen molar-refractivity contribution in [2.45, 2.75) is 0 Å². The van der Waals surface area contributed by atoms with Crippen molar-refractivity contribution < 1.29 is 34.8 Å². The number of para-hydroxylation sites is 1. The first kappa shape index (κ1) is 23.3. The fraction of sp³-hybridized carbons (Fsp3) is 0.125. The average molecular weight is 428 g/mol. The topological polar surface area (TPSA) is 193 Å². The Kier molecular flexibility index (Phi) is 8.45. The molecule has 0 amide bonds. The first-order valence-electron chi connectivity index (χ1n) is 7.63. The lowest BCUT2D eigenvalue weighted by Crippen LogP contribution is -2.12. The number of halogens is 1. The molecule has 2 rings (SSSR count). The Morgan fingerprint density at radius 2 is 1.41 bits per heavy atom. The van der Waals surface area contributed by atoms with Crippen molar-refractivity contribution in [3.63, 3.8) is 0 Å². The van der Waals surface area contributed by atoms with Crippen molar-refractivity contribution in [1.82, 2.24) is 0 Å². The van der Waals surface area contributed by atoms with Crippen LogP contribution in [0.2, 0.25) is 5.02 Å².